The van der Waals surface area contributed by atoms with Crippen molar-refractivity contribution in [2.45, 2.75) is 37.5 Å². The normalized spacial score (nSPS) is 15.6. The van der Waals surface area contributed by atoms with E-state index in [1.165, 1.54) is 55.8 Å². The van der Waals surface area contributed by atoms with Crippen molar-refractivity contribution in [2.24, 2.45) is 0 Å². The summed E-state index contributed by atoms with van der Waals surface area (Å²) in [6.07, 6.45) is 2.41. The smallest absolute Gasteiger partial charge is 0.0223 e. The average molecular weight is 603 g/mol. The van der Waals surface area contributed by atoms with E-state index in [-0.39, 0.29) is 10.8 Å². The minimum Gasteiger partial charge on any atom is -0.0622 e. The molecule has 214 valence electrons. The maximum absolute atomic E-state index is 2.47. The molecule has 0 N–H and O–H groups in total. The van der Waals surface area contributed by atoms with Crippen molar-refractivity contribution in [3.05, 3.63) is 180 Å². The zero-order valence-electron chi connectivity index (χ0n) is 25.3. The number of benzene rings is 6. The maximum Gasteiger partial charge on any atom is 0.0223 e. The topological polar surface area (TPSA) is 0 Å². The lowest BCUT2D eigenvalue weighted by Gasteiger charge is -2.44. The quantitative estimate of drug-likeness (QED) is 0.170. The van der Waals surface area contributed by atoms with Gasteiger partial charge < -0.3 is 0 Å². The zero-order chi connectivity index (χ0) is 29.7. The van der Waals surface area contributed by atoms with Gasteiger partial charge >= 0.3 is 0 Å². The SMILES string of the molecule is CC1(C)c2cccc(P(c3ccccc3)c3ccccc3)c2C2(CC2)c2c(P(c3ccccc3)c3ccccc3)cccc21. The van der Waals surface area contributed by atoms with Crippen LogP contribution < -0.4 is 31.8 Å². The van der Waals surface area contributed by atoms with Gasteiger partial charge in [-0.2, -0.15) is 0 Å². The van der Waals surface area contributed by atoms with Crippen LogP contribution in [0, 0.1) is 0 Å². The molecule has 6 aromatic rings. The highest BCUT2D eigenvalue weighted by Gasteiger charge is 2.57. The molecule has 1 fully saturated rings. The van der Waals surface area contributed by atoms with E-state index in [4.69, 9.17) is 0 Å². The third-order valence-electron chi connectivity index (χ3n) is 9.68. The van der Waals surface area contributed by atoms with Gasteiger partial charge in [0.1, 0.15) is 0 Å². The fraction of sp³-hybridized carbons (Fsp3) is 0.143. The Bertz CT molecular complexity index is 1710. The van der Waals surface area contributed by atoms with Crippen LogP contribution in [0.4, 0.5) is 0 Å². The van der Waals surface area contributed by atoms with Crippen LogP contribution in [0.5, 0.6) is 0 Å². The third-order valence-corrected chi connectivity index (χ3v) is 14.6. The highest BCUT2D eigenvalue weighted by Crippen LogP contribution is 2.63. The molecule has 0 aliphatic heterocycles. The predicted octanol–water partition coefficient (Wildman–Crippen LogP) is 7.92. The van der Waals surface area contributed by atoms with Crippen LogP contribution in [0.1, 0.15) is 48.9 Å². The lowest BCUT2D eigenvalue weighted by atomic mass is 9.63. The van der Waals surface area contributed by atoms with Crippen LogP contribution in [0.15, 0.2) is 158 Å². The summed E-state index contributed by atoms with van der Waals surface area (Å²) in [5.74, 6) is 0. The molecule has 2 aliphatic carbocycles. The molecule has 0 nitrogen and oxygen atoms in total. The monoisotopic (exact) mass is 602 g/mol. The van der Waals surface area contributed by atoms with Crippen LogP contribution in [-0.4, -0.2) is 0 Å². The molecule has 0 unspecified atom stereocenters. The zero-order valence-corrected chi connectivity index (χ0v) is 27.1. The Labute approximate surface area is 264 Å². The Balaban J connectivity index is 1.41. The molecule has 0 atom stereocenters. The molecular weight excluding hydrogens is 566 g/mol. The van der Waals surface area contributed by atoms with Crippen molar-refractivity contribution in [3.63, 3.8) is 0 Å². The molecule has 0 bridgehead atoms. The van der Waals surface area contributed by atoms with Gasteiger partial charge in [0.05, 0.1) is 0 Å². The molecule has 1 spiro atoms. The van der Waals surface area contributed by atoms with Crippen LogP contribution in [0.2, 0.25) is 0 Å². The maximum atomic E-state index is 2.47. The van der Waals surface area contributed by atoms with Crippen LogP contribution in [-0.2, 0) is 10.8 Å². The van der Waals surface area contributed by atoms with E-state index >= 15 is 0 Å². The van der Waals surface area contributed by atoms with Crippen LogP contribution in [0.3, 0.4) is 0 Å². The molecule has 0 radical (unpaired) electrons. The lowest BCUT2D eigenvalue weighted by molar-refractivity contribution is 0.581. The second kappa shape index (κ2) is 11.0. The second-order valence-corrected chi connectivity index (χ2v) is 17.0. The van der Waals surface area contributed by atoms with Gasteiger partial charge in [-0.15, -0.1) is 0 Å². The predicted molar refractivity (Wildman–Crippen MR) is 192 cm³/mol. The van der Waals surface area contributed by atoms with E-state index in [1.54, 1.807) is 11.1 Å². The minimum absolute atomic E-state index is 0.0433. The fourth-order valence-electron chi connectivity index (χ4n) is 7.56. The summed E-state index contributed by atoms with van der Waals surface area (Å²) in [4.78, 5) is 0. The Hall–Kier alpha value is -3.82. The summed E-state index contributed by atoms with van der Waals surface area (Å²) in [6, 6.07) is 59.5. The summed E-state index contributed by atoms with van der Waals surface area (Å²) in [5, 5.41) is 8.75. The van der Waals surface area contributed by atoms with Crippen molar-refractivity contribution < 1.29 is 0 Å². The van der Waals surface area contributed by atoms with E-state index in [1.807, 2.05) is 0 Å². The van der Waals surface area contributed by atoms with Gasteiger partial charge in [0.2, 0.25) is 0 Å². The molecule has 6 aromatic carbocycles. The van der Waals surface area contributed by atoms with Crippen molar-refractivity contribution in [3.8, 4) is 0 Å². The Morgan fingerprint density at radius 1 is 0.386 bits per heavy atom. The fourth-order valence-corrected chi connectivity index (χ4v) is 12.7. The molecule has 0 heterocycles. The van der Waals surface area contributed by atoms with Gasteiger partial charge in [0.25, 0.3) is 0 Å². The molecular formula is C42H36P2. The van der Waals surface area contributed by atoms with Gasteiger partial charge in [0.15, 0.2) is 0 Å². The van der Waals surface area contributed by atoms with Gasteiger partial charge in [-0.1, -0.05) is 172 Å². The second-order valence-electron chi connectivity index (χ2n) is 12.6. The lowest BCUT2D eigenvalue weighted by Crippen LogP contribution is -2.41. The van der Waals surface area contributed by atoms with E-state index in [0.29, 0.717) is 0 Å². The Morgan fingerprint density at radius 2 is 0.705 bits per heavy atom. The first-order chi connectivity index (χ1) is 21.6. The van der Waals surface area contributed by atoms with Crippen molar-refractivity contribution >= 4 is 47.7 Å². The Morgan fingerprint density at radius 3 is 1.00 bits per heavy atom. The summed E-state index contributed by atoms with van der Waals surface area (Å²) in [5.41, 5.74) is 6.19. The van der Waals surface area contributed by atoms with Crippen LogP contribution >= 0.6 is 15.8 Å². The van der Waals surface area contributed by atoms with Gasteiger partial charge in [-0.3, -0.25) is 0 Å². The summed E-state index contributed by atoms with van der Waals surface area (Å²) < 4.78 is 0. The average Bonchev–Trinajstić information content (AvgIpc) is 3.88. The first-order valence-corrected chi connectivity index (χ1v) is 18.4. The molecule has 0 saturated heterocycles. The summed E-state index contributed by atoms with van der Waals surface area (Å²) >= 11 is 0. The largest absolute Gasteiger partial charge is 0.0622 e. The number of rotatable bonds is 6. The summed E-state index contributed by atoms with van der Waals surface area (Å²) in [7, 11) is -1.43. The molecule has 2 heteroatoms. The van der Waals surface area contributed by atoms with Crippen molar-refractivity contribution in [1.82, 2.24) is 0 Å². The van der Waals surface area contributed by atoms with E-state index in [0.717, 1.165) is 0 Å². The third kappa shape index (κ3) is 4.43. The first-order valence-electron chi connectivity index (χ1n) is 15.7. The number of hydrogen-bond acceptors (Lipinski definition) is 0. The van der Waals surface area contributed by atoms with E-state index in [2.05, 4.69) is 172 Å². The minimum atomic E-state index is -0.717. The van der Waals surface area contributed by atoms with Crippen molar-refractivity contribution in [2.75, 3.05) is 0 Å². The van der Waals surface area contributed by atoms with E-state index < -0.39 is 15.8 Å². The number of fused-ring (bicyclic) bond motifs is 4. The van der Waals surface area contributed by atoms with Crippen molar-refractivity contribution in [1.29, 1.82) is 0 Å². The highest BCUT2D eigenvalue weighted by atomic mass is 31.1. The molecule has 8 rings (SSSR count). The standard InChI is InChI=1S/C42H36P2/c1-41(2)35-25-15-27-37(43(31-17-7-3-8-18-31)32-19-9-4-10-20-32)39(35)42(29-30-42)40-36(41)26-16-28-38(40)44(33-21-11-5-12-22-33)34-23-13-6-14-24-34/h3-28H,29-30H2,1-2H3. The first kappa shape index (κ1) is 27.7. The van der Waals surface area contributed by atoms with Gasteiger partial charge in [-0.25, -0.2) is 0 Å². The number of hydrogen-bond donors (Lipinski definition) is 0. The van der Waals surface area contributed by atoms with Gasteiger partial charge in [-0.05, 0) is 82.8 Å². The molecule has 0 amide bonds. The summed E-state index contributed by atoms with van der Waals surface area (Å²) in [6.45, 7) is 4.93. The Kier molecular flexibility index (Phi) is 6.90. The molecule has 44 heavy (non-hydrogen) atoms. The molecule has 2 aliphatic rings. The van der Waals surface area contributed by atoms with Gasteiger partial charge in [0, 0.05) is 10.8 Å². The van der Waals surface area contributed by atoms with Crippen LogP contribution in [0.25, 0.3) is 0 Å². The highest BCUT2D eigenvalue weighted by molar-refractivity contribution is 7.80. The molecule has 0 aromatic heterocycles. The molecule has 1 saturated carbocycles. The van der Waals surface area contributed by atoms with E-state index in [9.17, 15) is 0 Å².